The molecule has 0 saturated heterocycles. The largest absolute Gasteiger partial charge is 0.390 e. The molecule has 100 valence electrons. The highest BCUT2D eigenvalue weighted by Crippen LogP contribution is 2.23. The number of rotatable bonds is 6. The first-order chi connectivity index (χ1) is 8.74. The van der Waals surface area contributed by atoms with Crippen molar-refractivity contribution >= 4 is 0 Å². The predicted molar refractivity (Wildman–Crippen MR) is 73.9 cm³/mol. The summed E-state index contributed by atoms with van der Waals surface area (Å²) in [7, 11) is 0. The Morgan fingerprint density at radius 3 is 2.72 bits per heavy atom. The first kappa shape index (κ1) is 13.6. The summed E-state index contributed by atoms with van der Waals surface area (Å²) in [6.07, 6.45) is 4.82. The minimum Gasteiger partial charge on any atom is -0.390 e. The zero-order valence-electron chi connectivity index (χ0n) is 11.5. The molecule has 1 aliphatic rings. The molecule has 1 aromatic carbocycles. The average Bonchev–Trinajstić information content (AvgIpc) is 2.83. The quantitative estimate of drug-likeness (QED) is 0.839. The van der Waals surface area contributed by atoms with Crippen LogP contribution in [0.25, 0.3) is 0 Å². The molecular weight excluding hydrogens is 224 g/mol. The van der Waals surface area contributed by atoms with Crippen LogP contribution in [0.5, 0.6) is 0 Å². The molecule has 0 aliphatic heterocycles. The van der Waals surface area contributed by atoms with E-state index in [-0.39, 0.29) is 6.10 Å². The average molecular weight is 248 g/mol. The second-order valence-corrected chi connectivity index (χ2v) is 5.13. The summed E-state index contributed by atoms with van der Waals surface area (Å²) in [4.78, 5) is 0. The van der Waals surface area contributed by atoms with Gasteiger partial charge in [-0.1, -0.05) is 25.1 Å². The molecule has 2 heteroatoms. The predicted octanol–water partition coefficient (Wildman–Crippen LogP) is 2.89. The van der Waals surface area contributed by atoms with Crippen molar-refractivity contribution in [3.8, 4) is 0 Å². The van der Waals surface area contributed by atoms with Crippen LogP contribution in [0.2, 0.25) is 0 Å². The van der Waals surface area contributed by atoms with Crippen molar-refractivity contribution < 1.29 is 9.84 Å². The van der Waals surface area contributed by atoms with E-state index >= 15 is 0 Å². The van der Waals surface area contributed by atoms with E-state index in [1.807, 2.05) is 6.92 Å². The monoisotopic (exact) mass is 248 g/mol. The summed E-state index contributed by atoms with van der Waals surface area (Å²) in [6.45, 7) is 4.71. The van der Waals surface area contributed by atoms with Crippen LogP contribution in [0, 0.1) is 0 Å². The Balaban J connectivity index is 2.00. The van der Waals surface area contributed by atoms with Gasteiger partial charge in [-0.05, 0) is 49.3 Å². The molecule has 0 fully saturated rings. The fourth-order valence-corrected chi connectivity index (χ4v) is 2.84. The van der Waals surface area contributed by atoms with E-state index < -0.39 is 6.10 Å². The van der Waals surface area contributed by atoms with Gasteiger partial charge in [-0.3, -0.25) is 0 Å². The third-order valence-corrected chi connectivity index (χ3v) is 3.82. The van der Waals surface area contributed by atoms with E-state index in [0.717, 1.165) is 6.42 Å². The molecule has 1 aliphatic carbocycles. The van der Waals surface area contributed by atoms with Gasteiger partial charge in [-0.2, -0.15) is 0 Å². The maximum absolute atomic E-state index is 10.2. The van der Waals surface area contributed by atoms with Gasteiger partial charge < -0.3 is 9.84 Å². The molecular formula is C16H24O2. The third-order valence-electron chi connectivity index (χ3n) is 3.82. The Morgan fingerprint density at radius 1 is 1.22 bits per heavy atom. The number of aliphatic hydroxyl groups is 1. The fraction of sp³-hybridized carbons (Fsp3) is 0.625. The summed E-state index contributed by atoms with van der Waals surface area (Å²) >= 11 is 0. The molecule has 2 rings (SSSR count). The lowest BCUT2D eigenvalue weighted by Gasteiger charge is -2.21. The molecule has 2 unspecified atom stereocenters. The molecule has 0 heterocycles. The molecule has 18 heavy (non-hydrogen) atoms. The zero-order valence-corrected chi connectivity index (χ0v) is 11.5. The summed E-state index contributed by atoms with van der Waals surface area (Å²) in [5, 5.41) is 10.2. The summed E-state index contributed by atoms with van der Waals surface area (Å²) in [6, 6.07) is 6.66. The van der Waals surface area contributed by atoms with E-state index in [0.29, 0.717) is 13.0 Å². The highest BCUT2D eigenvalue weighted by molar-refractivity contribution is 5.35. The highest BCUT2D eigenvalue weighted by atomic mass is 16.5. The first-order valence-corrected chi connectivity index (χ1v) is 7.15. The van der Waals surface area contributed by atoms with E-state index in [2.05, 4.69) is 25.1 Å². The Kier molecular flexibility index (Phi) is 4.79. The van der Waals surface area contributed by atoms with Gasteiger partial charge in [0.25, 0.3) is 0 Å². The maximum Gasteiger partial charge on any atom is 0.0841 e. The number of benzene rings is 1. The van der Waals surface area contributed by atoms with Crippen molar-refractivity contribution in [3.63, 3.8) is 0 Å². The molecule has 2 atom stereocenters. The zero-order chi connectivity index (χ0) is 13.0. The van der Waals surface area contributed by atoms with E-state index in [1.54, 1.807) is 0 Å². The molecule has 0 amide bonds. The number of hydrogen-bond acceptors (Lipinski definition) is 2. The Labute approximate surface area is 110 Å². The van der Waals surface area contributed by atoms with Gasteiger partial charge in [0.15, 0.2) is 0 Å². The number of aryl methyl sites for hydroxylation is 2. The standard InChI is InChI=1S/C16H24O2/c1-3-16(18-4-2)15(17)11-12-8-9-13-6-5-7-14(13)10-12/h8-10,15-17H,3-7,11H2,1-2H3. The molecule has 0 bridgehead atoms. The van der Waals surface area contributed by atoms with Crippen LogP contribution >= 0.6 is 0 Å². The van der Waals surface area contributed by atoms with Gasteiger partial charge in [0.2, 0.25) is 0 Å². The lowest BCUT2D eigenvalue weighted by atomic mass is 9.99. The molecule has 0 aromatic heterocycles. The minimum absolute atomic E-state index is 0.0387. The summed E-state index contributed by atoms with van der Waals surface area (Å²) in [5.41, 5.74) is 4.20. The summed E-state index contributed by atoms with van der Waals surface area (Å²) in [5.74, 6) is 0. The van der Waals surface area contributed by atoms with Crippen molar-refractivity contribution in [2.24, 2.45) is 0 Å². The topological polar surface area (TPSA) is 29.5 Å². The normalized spacial score (nSPS) is 17.5. The first-order valence-electron chi connectivity index (χ1n) is 7.15. The van der Waals surface area contributed by atoms with Gasteiger partial charge in [-0.15, -0.1) is 0 Å². The van der Waals surface area contributed by atoms with Gasteiger partial charge in [0.05, 0.1) is 12.2 Å². The Hall–Kier alpha value is -0.860. The lowest BCUT2D eigenvalue weighted by molar-refractivity contribution is -0.0334. The molecule has 2 nitrogen and oxygen atoms in total. The lowest BCUT2D eigenvalue weighted by Crippen LogP contribution is -2.30. The molecule has 0 radical (unpaired) electrons. The molecule has 1 N–H and O–H groups in total. The van der Waals surface area contributed by atoms with Crippen LogP contribution in [-0.2, 0) is 24.0 Å². The van der Waals surface area contributed by atoms with Crippen LogP contribution in [0.3, 0.4) is 0 Å². The number of aliphatic hydroxyl groups excluding tert-OH is 1. The maximum atomic E-state index is 10.2. The second-order valence-electron chi connectivity index (χ2n) is 5.13. The Morgan fingerprint density at radius 2 is 2.00 bits per heavy atom. The van der Waals surface area contributed by atoms with Crippen LogP contribution in [0.15, 0.2) is 18.2 Å². The SMILES string of the molecule is CCOC(CC)C(O)Cc1ccc2c(c1)CCC2. The smallest absolute Gasteiger partial charge is 0.0841 e. The van der Waals surface area contributed by atoms with Gasteiger partial charge >= 0.3 is 0 Å². The van der Waals surface area contributed by atoms with E-state index in [1.165, 1.54) is 36.0 Å². The molecule has 0 saturated carbocycles. The molecule has 0 spiro atoms. The van der Waals surface area contributed by atoms with Gasteiger partial charge in [0.1, 0.15) is 0 Å². The van der Waals surface area contributed by atoms with Crippen LogP contribution in [0.4, 0.5) is 0 Å². The van der Waals surface area contributed by atoms with Crippen LogP contribution in [0.1, 0.15) is 43.4 Å². The molecule has 1 aromatic rings. The van der Waals surface area contributed by atoms with Crippen molar-refractivity contribution in [2.75, 3.05) is 6.61 Å². The van der Waals surface area contributed by atoms with Crippen molar-refractivity contribution in [3.05, 3.63) is 34.9 Å². The van der Waals surface area contributed by atoms with Crippen LogP contribution < -0.4 is 0 Å². The van der Waals surface area contributed by atoms with Gasteiger partial charge in [0, 0.05) is 13.0 Å². The van der Waals surface area contributed by atoms with E-state index in [4.69, 9.17) is 4.74 Å². The number of ether oxygens (including phenoxy) is 1. The number of fused-ring (bicyclic) bond motifs is 1. The minimum atomic E-state index is -0.394. The second kappa shape index (κ2) is 6.35. The van der Waals surface area contributed by atoms with Gasteiger partial charge in [-0.25, -0.2) is 0 Å². The summed E-state index contributed by atoms with van der Waals surface area (Å²) < 4.78 is 5.57. The fourth-order valence-electron chi connectivity index (χ4n) is 2.84. The third kappa shape index (κ3) is 3.12. The Bertz CT molecular complexity index is 387. The van der Waals surface area contributed by atoms with Crippen LogP contribution in [-0.4, -0.2) is 23.9 Å². The van der Waals surface area contributed by atoms with Crippen molar-refractivity contribution in [2.45, 2.75) is 58.2 Å². The van der Waals surface area contributed by atoms with Crippen molar-refractivity contribution in [1.82, 2.24) is 0 Å². The van der Waals surface area contributed by atoms with E-state index in [9.17, 15) is 5.11 Å². The number of hydrogen-bond donors (Lipinski definition) is 1. The van der Waals surface area contributed by atoms with Crippen molar-refractivity contribution in [1.29, 1.82) is 0 Å². The highest BCUT2D eigenvalue weighted by Gasteiger charge is 2.19.